The molecule has 0 saturated carbocycles. The largest absolute Gasteiger partial charge is 0.493 e. The third-order valence-corrected chi connectivity index (χ3v) is 4.53. The minimum atomic E-state index is -0.756. The molecule has 0 fully saturated rings. The van der Waals surface area contributed by atoms with Crippen LogP contribution in [0.3, 0.4) is 0 Å². The Morgan fingerprint density at radius 3 is 2.47 bits per heavy atom. The fourth-order valence-corrected chi connectivity index (χ4v) is 2.94. The topological polar surface area (TPSA) is 117 Å². The Hall–Kier alpha value is -3.94. The predicted octanol–water partition coefficient (Wildman–Crippen LogP) is 3.03. The van der Waals surface area contributed by atoms with Crippen LogP contribution in [0.2, 0.25) is 0 Å². The van der Waals surface area contributed by atoms with Crippen molar-refractivity contribution in [1.29, 1.82) is 0 Å². The van der Waals surface area contributed by atoms with Crippen molar-refractivity contribution in [2.24, 2.45) is 4.99 Å². The Kier molecular flexibility index (Phi) is 5.96. The van der Waals surface area contributed by atoms with Crippen LogP contribution >= 0.6 is 0 Å². The highest BCUT2D eigenvalue weighted by molar-refractivity contribution is 6.03. The van der Waals surface area contributed by atoms with E-state index in [0.717, 1.165) is 10.1 Å². The Balaban J connectivity index is 2.14. The number of aromatic hydroxyl groups is 1. The Morgan fingerprint density at radius 2 is 1.80 bits per heavy atom. The highest BCUT2D eigenvalue weighted by Gasteiger charge is 2.18. The second kappa shape index (κ2) is 8.60. The number of aromatic amines is 1. The van der Waals surface area contributed by atoms with E-state index in [2.05, 4.69) is 15.3 Å². The Morgan fingerprint density at radius 1 is 1.13 bits per heavy atom. The molecule has 0 aliphatic carbocycles. The van der Waals surface area contributed by atoms with Crippen LogP contribution < -0.4 is 16.6 Å². The van der Waals surface area contributed by atoms with Gasteiger partial charge in [-0.25, -0.2) is 9.36 Å². The SMILES string of the molecule is CCC(=O)Nc1ccccc1N=C(C)c1c(O)n(-c2ccc(C)cc2)c(=O)[nH]c1=O. The highest BCUT2D eigenvalue weighted by atomic mass is 16.3. The van der Waals surface area contributed by atoms with Gasteiger partial charge in [-0.05, 0) is 38.1 Å². The molecule has 3 aromatic rings. The summed E-state index contributed by atoms with van der Waals surface area (Å²) >= 11 is 0. The van der Waals surface area contributed by atoms with Crippen molar-refractivity contribution in [3.8, 4) is 11.6 Å². The van der Waals surface area contributed by atoms with Gasteiger partial charge in [0.15, 0.2) is 0 Å². The second-order valence-corrected chi connectivity index (χ2v) is 6.74. The molecule has 30 heavy (non-hydrogen) atoms. The number of amides is 1. The van der Waals surface area contributed by atoms with Gasteiger partial charge in [0.05, 0.1) is 22.8 Å². The molecule has 154 valence electrons. The summed E-state index contributed by atoms with van der Waals surface area (Å²) in [6.45, 7) is 5.18. The molecule has 8 nitrogen and oxygen atoms in total. The zero-order chi connectivity index (χ0) is 21.8. The van der Waals surface area contributed by atoms with Crippen LogP contribution in [0.4, 0.5) is 11.4 Å². The summed E-state index contributed by atoms with van der Waals surface area (Å²) in [7, 11) is 0. The lowest BCUT2D eigenvalue weighted by Crippen LogP contribution is -2.32. The number of rotatable bonds is 5. The summed E-state index contributed by atoms with van der Waals surface area (Å²) < 4.78 is 1.01. The quantitative estimate of drug-likeness (QED) is 0.565. The Bertz CT molecular complexity index is 1240. The highest BCUT2D eigenvalue weighted by Crippen LogP contribution is 2.26. The molecule has 3 rings (SSSR count). The number of aliphatic imine (C=N–C) groups is 1. The number of carbonyl (C=O) groups excluding carboxylic acids is 1. The van der Waals surface area contributed by atoms with E-state index in [4.69, 9.17) is 0 Å². The van der Waals surface area contributed by atoms with Gasteiger partial charge in [-0.3, -0.25) is 19.6 Å². The summed E-state index contributed by atoms with van der Waals surface area (Å²) in [5.74, 6) is -0.687. The van der Waals surface area contributed by atoms with E-state index < -0.39 is 17.1 Å². The van der Waals surface area contributed by atoms with E-state index in [0.29, 0.717) is 23.5 Å². The first-order valence-electron chi connectivity index (χ1n) is 9.41. The maximum absolute atomic E-state index is 12.5. The van der Waals surface area contributed by atoms with E-state index >= 15 is 0 Å². The van der Waals surface area contributed by atoms with Crippen molar-refractivity contribution < 1.29 is 9.90 Å². The smallest absolute Gasteiger partial charge is 0.335 e. The third-order valence-electron chi connectivity index (χ3n) is 4.53. The van der Waals surface area contributed by atoms with Crippen molar-refractivity contribution in [1.82, 2.24) is 9.55 Å². The van der Waals surface area contributed by atoms with E-state index in [9.17, 15) is 19.5 Å². The van der Waals surface area contributed by atoms with Crippen molar-refractivity contribution in [2.75, 3.05) is 5.32 Å². The number of benzene rings is 2. The number of carbonyl (C=O) groups is 1. The molecule has 2 aromatic carbocycles. The van der Waals surface area contributed by atoms with Crippen LogP contribution in [0.5, 0.6) is 5.88 Å². The number of para-hydroxylation sites is 2. The lowest BCUT2D eigenvalue weighted by atomic mass is 10.2. The van der Waals surface area contributed by atoms with Crippen molar-refractivity contribution in [3.63, 3.8) is 0 Å². The van der Waals surface area contributed by atoms with Crippen LogP contribution in [0.25, 0.3) is 5.69 Å². The average molecular weight is 406 g/mol. The number of aryl methyl sites for hydroxylation is 1. The van der Waals surface area contributed by atoms with E-state index in [1.165, 1.54) is 0 Å². The van der Waals surface area contributed by atoms with Gasteiger partial charge in [0.1, 0.15) is 5.56 Å². The van der Waals surface area contributed by atoms with Crippen LogP contribution in [0, 0.1) is 6.92 Å². The molecular formula is C22H22N4O4. The molecule has 0 spiro atoms. The number of H-pyrrole nitrogens is 1. The maximum Gasteiger partial charge on any atom is 0.335 e. The monoisotopic (exact) mass is 406 g/mol. The van der Waals surface area contributed by atoms with E-state index in [1.54, 1.807) is 62.4 Å². The van der Waals surface area contributed by atoms with Crippen LogP contribution in [-0.4, -0.2) is 26.3 Å². The molecule has 0 radical (unpaired) electrons. The van der Waals surface area contributed by atoms with Gasteiger partial charge in [0.2, 0.25) is 11.8 Å². The lowest BCUT2D eigenvalue weighted by molar-refractivity contribution is -0.115. The summed E-state index contributed by atoms with van der Waals surface area (Å²) in [4.78, 5) is 43.2. The van der Waals surface area contributed by atoms with E-state index in [1.807, 2.05) is 6.92 Å². The first kappa shape index (κ1) is 20.8. The van der Waals surface area contributed by atoms with Gasteiger partial charge in [-0.2, -0.15) is 0 Å². The molecular weight excluding hydrogens is 384 g/mol. The molecule has 1 heterocycles. The zero-order valence-electron chi connectivity index (χ0n) is 16.9. The van der Waals surface area contributed by atoms with Gasteiger partial charge >= 0.3 is 5.69 Å². The summed E-state index contributed by atoms with van der Waals surface area (Å²) in [6, 6.07) is 13.8. The fraction of sp³-hybridized carbons (Fsp3) is 0.182. The van der Waals surface area contributed by atoms with Gasteiger partial charge in [-0.1, -0.05) is 36.8 Å². The second-order valence-electron chi connectivity index (χ2n) is 6.74. The third kappa shape index (κ3) is 4.22. The Labute approximate surface area is 172 Å². The molecule has 8 heteroatoms. The number of hydrogen-bond acceptors (Lipinski definition) is 5. The average Bonchev–Trinajstić information content (AvgIpc) is 2.70. The zero-order valence-corrected chi connectivity index (χ0v) is 16.9. The molecule has 0 aliphatic heterocycles. The summed E-state index contributed by atoms with van der Waals surface area (Å²) in [5.41, 5.74) is 0.837. The minimum absolute atomic E-state index is 0.133. The summed E-state index contributed by atoms with van der Waals surface area (Å²) in [6.07, 6.45) is 0.305. The number of anilines is 1. The van der Waals surface area contributed by atoms with Gasteiger partial charge in [-0.15, -0.1) is 0 Å². The van der Waals surface area contributed by atoms with Gasteiger partial charge in [0, 0.05) is 6.42 Å². The van der Waals surface area contributed by atoms with Gasteiger partial charge in [0.25, 0.3) is 5.56 Å². The lowest BCUT2D eigenvalue weighted by Gasteiger charge is -2.12. The van der Waals surface area contributed by atoms with E-state index in [-0.39, 0.29) is 17.2 Å². The molecule has 1 amide bonds. The predicted molar refractivity (Wildman–Crippen MR) is 116 cm³/mol. The molecule has 0 atom stereocenters. The van der Waals surface area contributed by atoms with Crippen molar-refractivity contribution in [3.05, 3.63) is 80.5 Å². The van der Waals surface area contributed by atoms with Crippen molar-refractivity contribution >= 4 is 23.0 Å². The van der Waals surface area contributed by atoms with Crippen LogP contribution in [0.15, 0.2) is 63.1 Å². The molecule has 0 saturated heterocycles. The maximum atomic E-state index is 12.5. The van der Waals surface area contributed by atoms with Crippen LogP contribution in [0.1, 0.15) is 31.4 Å². The number of aromatic nitrogens is 2. The number of hydrogen-bond donors (Lipinski definition) is 3. The van der Waals surface area contributed by atoms with Crippen molar-refractivity contribution in [2.45, 2.75) is 27.2 Å². The van der Waals surface area contributed by atoms with Crippen LogP contribution in [-0.2, 0) is 4.79 Å². The summed E-state index contributed by atoms with van der Waals surface area (Å²) in [5, 5.41) is 13.5. The van der Waals surface area contributed by atoms with Gasteiger partial charge < -0.3 is 10.4 Å². The standard InChI is InChI=1S/C22H22N4O4/c1-4-18(27)24-17-8-6-5-7-16(17)23-14(3)19-20(28)25-22(30)26(21(19)29)15-11-9-13(2)10-12-15/h5-12,29H,4H2,1-3H3,(H,24,27)(H,25,28,30). The fourth-order valence-electron chi connectivity index (χ4n) is 2.94. The normalized spacial score (nSPS) is 11.4. The number of nitrogens with one attached hydrogen (secondary N) is 2. The minimum Gasteiger partial charge on any atom is -0.493 e. The first-order valence-corrected chi connectivity index (χ1v) is 9.41. The molecule has 0 aliphatic rings. The molecule has 3 N–H and O–H groups in total. The molecule has 0 bridgehead atoms. The molecule has 0 unspecified atom stereocenters. The molecule has 1 aromatic heterocycles. The first-order chi connectivity index (χ1) is 14.3. The number of nitrogens with zero attached hydrogens (tertiary/aromatic N) is 2.